The Labute approximate surface area is 96.8 Å². The van der Waals surface area contributed by atoms with E-state index >= 15 is 0 Å². The van der Waals surface area contributed by atoms with E-state index in [0.717, 1.165) is 18.3 Å². The minimum Gasteiger partial charge on any atom is -0.339 e. The molecule has 2 unspecified atom stereocenters. The largest absolute Gasteiger partial charge is 0.339 e. The number of nitrogens with zero attached hydrogens (tertiary/aromatic N) is 2. The normalized spacial score (nSPS) is 21.8. The molecule has 1 aromatic heterocycles. The van der Waals surface area contributed by atoms with Gasteiger partial charge in [-0.2, -0.15) is 4.98 Å². The maximum Gasteiger partial charge on any atom is 0.231 e. The van der Waals surface area contributed by atoms with Gasteiger partial charge in [0.15, 0.2) is 5.82 Å². The van der Waals surface area contributed by atoms with Crippen molar-refractivity contribution in [1.29, 1.82) is 0 Å². The van der Waals surface area contributed by atoms with Gasteiger partial charge in [0.05, 0.1) is 5.92 Å². The number of rotatable bonds is 5. The van der Waals surface area contributed by atoms with Crippen molar-refractivity contribution in [3.8, 4) is 0 Å². The van der Waals surface area contributed by atoms with Gasteiger partial charge < -0.3 is 9.84 Å². The monoisotopic (exact) mass is 223 g/mol. The zero-order valence-electron chi connectivity index (χ0n) is 10.6. The SMILES string of the molecule is CCNC(C)C(C)c1nc(C2(C)CC2)no1. The molecule has 0 saturated heterocycles. The molecule has 90 valence electrons. The molecule has 16 heavy (non-hydrogen) atoms. The average Bonchev–Trinajstić information content (AvgIpc) is 2.84. The first-order chi connectivity index (χ1) is 7.57. The van der Waals surface area contributed by atoms with Crippen LogP contribution in [0, 0.1) is 0 Å². The Bertz CT molecular complexity index is 357. The van der Waals surface area contributed by atoms with Gasteiger partial charge in [-0.1, -0.05) is 25.9 Å². The predicted octanol–water partition coefficient (Wildman–Crippen LogP) is 2.22. The highest BCUT2D eigenvalue weighted by atomic mass is 16.5. The molecule has 1 N–H and O–H groups in total. The molecule has 0 aromatic carbocycles. The summed E-state index contributed by atoms with van der Waals surface area (Å²) in [5, 5.41) is 7.48. The summed E-state index contributed by atoms with van der Waals surface area (Å²) in [6.07, 6.45) is 2.37. The third kappa shape index (κ3) is 2.12. The van der Waals surface area contributed by atoms with E-state index in [2.05, 4.69) is 43.2 Å². The first-order valence-corrected chi connectivity index (χ1v) is 6.14. The highest BCUT2D eigenvalue weighted by molar-refractivity contribution is 5.15. The summed E-state index contributed by atoms with van der Waals surface area (Å²) in [4.78, 5) is 4.53. The smallest absolute Gasteiger partial charge is 0.231 e. The number of aromatic nitrogens is 2. The lowest BCUT2D eigenvalue weighted by molar-refractivity contribution is 0.328. The van der Waals surface area contributed by atoms with Crippen LogP contribution in [-0.4, -0.2) is 22.7 Å². The van der Waals surface area contributed by atoms with E-state index < -0.39 is 0 Å². The second-order valence-electron chi connectivity index (χ2n) is 5.15. The molecule has 1 saturated carbocycles. The molecule has 4 nitrogen and oxygen atoms in total. The van der Waals surface area contributed by atoms with Crippen molar-refractivity contribution >= 4 is 0 Å². The number of hydrogen-bond donors (Lipinski definition) is 1. The van der Waals surface area contributed by atoms with Gasteiger partial charge in [-0.25, -0.2) is 0 Å². The average molecular weight is 223 g/mol. The van der Waals surface area contributed by atoms with Crippen LogP contribution in [0.5, 0.6) is 0 Å². The topological polar surface area (TPSA) is 51.0 Å². The van der Waals surface area contributed by atoms with Crippen LogP contribution in [0.3, 0.4) is 0 Å². The fourth-order valence-corrected chi connectivity index (χ4v) is 1.79. The summed E-state index contributed by atoms with van der Waals surface area (Å²) in [6, 6.07) is 0.366. The maximum absolute atomic E-state index is 5.36. The van der Waals surface area contributed by atoms with Gasteiger partial charge in [0.2, 0.25) is 5.89 Å². The first kappa shape index (κ1) is 11.6. The van der Waals surface area contributed by atoms with Crippen molar-refractivity contribution in [2.24, 2.45) is 0 Å². The lowest BCUT2D eigenvalue weighted by Gasteiger charge is -2.16. The van der Waals surface area contributed by atoms with Crippen LogP contribution in [0.15, 0.2) is 4.52 Å². The second kappa shape index (κ2) is 4.17. The molecule has 0 radical (unpaired) electrons. The van der Waals surface area contributed by atoms with Crippen molar-refractivity contribution < 1.29 is 4.52 Å². The molecular weight excluding hydrogens is 202 g/mol. The molecule has 4 heteroatoms. The Balaban J connectivity index is 2.06. The summed E-state index contributed by atoms with van der Waals surface area (Å²) < 4.78 is 5.36. The number of hydrogen-bond acceptors (Lipinski definition) is 4. The molecule has 0 bridgehead atoms. The Morgan fingerprint density at radius 3 is 2.69 bits per heavy atom. The van der Waals surface area contributed by atoms with E-state index in [1.807, 2.05) is 0 Å². The second-order valence-corrected chi connectivity index (χ2v) is 5.15. The molecule has 0 spiro atoms. The standard InChI is InChI=1S/C12H21N3O/c1-5-13-9(3)8(2)10-14-11(15-16-10)12(4)6-7-12/h8-9,13H,5-7H2,1-4H3. The molecular formula is C12H21N3O. The summed E-state index contributed by atoms with van der Waals surface area (Å²) in [7, 11) is 0. The van der Waals surface area contributed by atoms with Gasteiger partial charge >= 0.3 is 0 Å². The minimum atomic E-state index is 0.197. The zero-order chi connectivity index (χ0) is 11.8. The lowest BCUT2D eigenvalue weighted by Crippen LogP contribution is -2.30. The van der Waals surface area contributed by atoms with Gasteiger partial charge in [0.25, 0.3) is 0 Å². The Morgan fingerprint density at radius 2 is 2.12 bits per heavy atom. The number of nitrogens with one attached hydrogen (secondary N) is 1. The highest BCUT2D eigenvalue weighted by Gasteiger charge is 2.43. The molecule has 0 aliphatic heterocycles. The van der Waals surface area contributed by atoms with E-state index in [9.17, 15) is 0 Å². The van der Waals surface area contributed by atoms with Crippen molar-refractivity contribution in [3.05, 3.63) is 11.7 Å². The third-order valence-corrected chi connectivity index (χ3v) is 3.65. The van der Waals surface area contributed by atoms with E-state index in [1.165, 1.54) is 12.8 Å². The first-order valence-electron chi connectivity index (χ1n) is 6.14. The fourth-order valence-electron chi connectivity index (χ4n) is 1.79. The molecule has 1 aromatic rings. The molecule has 1 aliphatic rings. The predicted molar refractivity (Wildman–Crippen MR) is 62.4 cm³/mol. The van der Waals surface area contributed by atoms with E-state index in [1.54, 1.807) is 0 Å². The quantitative estimate of drug-likeness (QED) is 0.831. The highest BCUT2D eigenvalue weighted by Crippen LogP contribution is 2.46. The van der Waals surface area contributed by atoms with Gasteiger partial charge in [-0.05, 0) is 26.3 Å². The third-order valence-electron chi connectivity index (χ3n) is 3.65. The van der Waals surface area contributed by atoms with Crippen molar-refractivity contribution in [1.82, 2.24) is 15.5 Å². The molecule has 1 aliphatic carbocycles. The van der Waals surface area contributed by atoms with Crippen LogP contribution >= 0.6 is 0 Å². The summed E-state index contributed by atoms with van der Waals surface area (Å²) in [6.45, 7) is 9.54. The van der Waals surface area contributed by atoms with E-state index in [-0.39, 0.29) is 11.3 Å². The number of likely N-dealkylation sites (N-methyl/N-ethyl adjacent to an activating group) is 1. The van der Waals surface area contributed by atoms with Gasteiger partial charge in [-0.3, -0.25) is 0 Å². The van der Waals surface area contributed by atoms with E-state index in [4.69, 9.17) is 4.52 Å². The van der Waals surface area contributed by atoms with Crippen molar-refractivity contribution in [3.63, 3.8) is 0 Å². The fraction of sp³-hybridized carbons (Fsp3) is 0.833. The van der Waals surface area contributed by atoms with Crippen LogP contribution in [-0.2, 0) is 5.41 Å². The summed E-state index contributed by atoms with van der Waals surface area (Å²) >= 11 is 0. The van der Waals surface area contributed by atoms with Crippen molar-refractivity contribution in [2.75, 3.05) is 6.54 Å². The van der Waals surface area contributed by atoms with Crippen LogP contribution in [0.25, 0.3) is 0 Å². The Kier molecular flexibility index (Phi) is 3.02. The van der Waals surface area contributed by atoms with Crippen LogP contribution in [0.2, 0.25) is 0 Å². The van der Waals surface area contributed by atoms with Gasteiger partial charge in [0.1, 0.15) is 0 Å². The summed E-state index contributed by atoms with van der Waals surface area (Å²) in [5.74, 6) is 1.91. The Morgan fingerprint density at radius 1 is 1.44 bits per heavy atom. The summed E-state index contributed by atoms with van der Waals surface area (Å²) in [5.41, 5.74) is 0.197. The van der Waals surface area contributed by atoms with E-state index in [0.29, 0.717) is 6.04 Å². The van der Waals surface area contributed by atoms with Gasteiger partial charge in [0, 0.05) is 11.5 Å². The van der Waals surface area contributed by atoms with Gasteiger partial charge in [-0.15, -0.1) is 0 Å². The molecule has 1 fully saturated rings. The van der Waals surface area contributed by atoms with Crippen molar-refractivity contribution in [2.45, 2.75) is 57.9 Å². The molecule has 2 atom stereocenters. The minimum absolute atomic E-state index is 0.197. The lowest BCUT2D eigenvalue weighted by atomic mass is 10.0. The molecule has 1 heterocycles. The molecule has 2 rings (SSSR count). The van der Waals surface area contributed by atoms with Crippen LogP contribution < -0.4 is 5.32 Å². The van der Waals surface area contributed by atoms with Crippen LogP contribution in [0.1, 0.15) is 58.2 Å². The van der Waals surface area contributed by atoms with Crippen LogP contribution in [0.4, 0.5) is 0 Å². The maximum atomic E-state index is 5.36. The Hall–Kier alpha value is -0.900. The molecule has 0 amide bonds. The zero-order valence-corrected chi connectivity index (χ0v) is 10.6.